The molecule has 5 nitrogen and oxygen atoms in total. The van der Waals surface area contributed by atoms with Crippen molar-refractivity contribution in [2.75, 3.05) is 7.11 Å². The minimum Gasteiger partial charge on any atom is -0.497 e. The van der Waals surface area contributed by atoms with Crippen LogP contribution in [-0.2, 0) is 4.79 Å². The molecular weight excluding hydrogens is 312 g/mol. The first kappa shape index (κ1) is 15.3. The second-order valence-electron chi connectivity index (χ2n) is 4.99. The van der Waals surface area contributed by atoms with Crippen LogP contribution in [0.4, 0.5) is 0 Å². The third-order valence-electron chi connectivity index (χ3n) is 3.36. The molecule has 0 aliphatic heterocycles. The molecule has 0 saturated carbocycles. The second-order valence-corrected chi connectivity index (χ2v) is 5.88. The van der Waals surface area contributed by atoms with Crippen LogP contribution < -0.4 is 10.1 Å². The number of nitrogens with zero attached hydrogens (tertiary/aromatic N) is 1. The summed E-state index contributed by atoms with van der Waals surface area (Å²) in [6.07, 6.45) is 3.26. The average Bonchev–Trinajstić information content (AvgIpc) is 3.23. The number of ether oxygens (including phenoxy) is 1. The third-order valence-corrected chi connectivity index (χ3v) is 4.27. The smallest absolute Gasteiger partial charge is 0.217 e. The Morgan fingerprint density at radius 1 is 1.39 bits per heavy atom. The van der Waals surface area contributed by atoms with E-state index in [1.165, 1.54) is 18.3 Å². The zero-order chi connectivity index (χ0) is 16.2. The minimum absolute atomic E-state index is 0.113. The summed E-state index contributed by atoms with van der Waals surface area (Å²) in [6.45, 7) is 1.50. The van der Waals surface area contributed by atoms with E-state index in [0.717, 1.165) is 27.6 Å². The molecule has 1 N–H and O–H groups in total. The minimum atomic E-state index is -0.312. The van der Waals surface area contributed by atoms with Gasteiger partial charge in [-0.05, 0) is 23.8 Å². The van der Waals surface area contributed by atoms with Crippen LogP contribution in [-0.4, -0.2) is 18.0 Å². The average molecular weight is 328 g/mol. The molecular formula is C17H16N2O3S. The van der Waals surface area contributed by atoms with Crippen molar-refractivity contribution in [2.24, 2.45) is 0 Å². The van der Waals surface area contributed by atoms with Crippen LogP contribution in [0.3, 0.4) is 0 Å². The SMILES string of the molecule is COc1cccc(C(NC(C)=O)c2nc(-c3ccoc3)cs2)c1. The molecule has 0 saturated heterocycles. The molecule has 3 aromatic rings. The predicted octanol–water partition coefficient (Wildman–Crippen LogP) is 3.64. The Kier molecular flexibility index (Phi) is 4.43. The van der Waals surface area contributed by atoms with Crippen molar-refractivity contribution in [3.05, 3.63) is 58.8 Å². The Labute approximate surface area is 137 Å². The van der Waals surface area contributed by atoms with E-state index in [-0.39, 0.29) is 11.9 Å². The highest BCUT2D eigenvalue weighted by Crippen LogP contribution is 2.30. The first-order valence-corrected chi connectivity index (χ1v) is 7.94. The van der Waals surface area contributed by atoms with Crippen LogP contribution in [0.5, 0.6) is 5.75 Å². The van der Waals surface area contributed by atoms with Gasteiger partial charge in [-0.25, -0.2) is 4.98 Å². The molecule has 0 fully saturated rings. The molecule has 118 valence electrons. The fourth-order valence-electron chi connectivity index (χ4n) is 2.27. The molecule has 0 aliphatic rings. The zero-order valence-corrected chi connectivity index (χ0v) is 13.6. The number of methoxy groups -OCH3 is 1. The molecule has 0 radical (unpaired) electrons. The third kappa shape index (κ3) is 3.43. The van der Waals surface area contributed by atoms with Crippen LogP contribution in [0.25, 0.3) is 11.3 Å². The largest absolute Gasteiger partial charge is 0.497 e. The van der Waals surface area contributed by atoms with Gasteiger partial charge < -0.3 is 14.5 Å². The number of benzene rings is 1. The summed E-state index contributed by atoms with van der Waals surface area (Å²) in [5.74, 6) is 0.627. The summed E-state index contributed by atoms with van der Waals surface area (Å²) in [6, 6.07) is 9.16. The van der Waals surface area contributed by atoms with Crippen LogP contribution in [0.2, 0.25) is 0 Å². The number of amides is 1. The Balaban J connectivity index is 1.97. The van der Waals surface area contributed by atoms with Gasteiger partial charge in [-0.3, -0.25) is 4.79 Å². The summed E-state index contributed by atoms with van der Waals surface area (Å²) >= 11 is 1.50. The normalized spacial score (nSPS) is 11.9. The van der Waals surface area contributed by atoms with Crippen LogP contribution in [0.1, 0.15) is 23.5 Å². The quantitative estimate of drug-likeness (QED) is 0.776. The molecule has 1 aromatic carbocycles. The monoisotopic (exact) mass is 328 g/mol. The Morgan fingerprint density at radius 2 is 2.26 bits per heavy atom. The van der Waals surface area contributed by atoms with Gasteiger partial charge in [0.25, 0.3) is 0 Å². The number of aromatic nitrogens is 1. The van der Waals surface area contributed by atoms with Gasteiger partial charge in [0.2, 0.25) is 5.91 Å². The highest BCUT2D eigenvalue weighted by atomic mass is 32.1. The van der Waals surface area contributed by atoms with Gasteiger partial charge in [-0.15, -0.1) is 11.3 Å². The highest BCUT2D eigenvalue weighted by molar-refractivity contribution is 7.10. The highest BCUT2D eigenvalue weighted by Gasteiger charge is 2.20. The van der Waals surface area contributed by atoms with Crippen molar-refractivity contribution in [1.82, 2.24) is 10.3 Å². The molecule has 0 bridgehead atoms. The van der Waals surface area contributed by atoms with Gasteiger partial charge in [0, 0.05) is 17.9 Å². The molecule has 0 spiro atoms. The number of hydrogen-bond acceptors (Lipinski definition) is 5. The van der Waals surface area contributed by atoms with Crippen LogP contribution in [0.15, 0.2) is 52.7 Å². The van der Waals surface area contributed by atoms with Gasteiger partial charge in [-0.1, -0.05) is 12.1 Å². The summed E-state index contributed by atoms with van der Waals surface area (Å²) in [4.78, 5) is 16.3. The lowest BCUT2D eigenvalue weighted by molar-refractivity contribution is -0.119. The number of rotatable bonds is 5. The van der Waals surface area contributed by atoms with E-state index < -0.39 is 0 Å². The lowest BCUT2D eigenvalue weighted by atomic mass is 10.1. The number of thiazole rings is 1. The van der Waals surface area contributed by atoms with Crippen molar-refractivity contribution < 1.29 is 13.9 Å². The van der Waals surface area contributed by atoms with E-state index >= 15 is 0 Å². The van der Waals surface area contributed by atoms with E-state index in [2.05, 4.69) is 10.3 Å². The standard InChI is InChI=1S/C17H16N2O3S/c1-11(20)18-16(12-4-3-5-14(8-12)21-2)17-19-15(10-23-17)13-6-7-22-9-13/h3-10,16H,1-2H3,(H,18,20). The van der Waals surface area contributed by atoms with E-state index in [0.29, 0.717) is 0 Å². The van der Waals surface area contributed by atoms with E-state index in [1.54, 1.807) is 19.6 Å². The predicted molar refractivity (Wildman–Crippen MR) is 88.5 cm³/mol. The number of carbonyl (C=O) groups is 1. The van der Waals surface area contributed by atoms with Crippen LogP contribution >= 0.6 is 11.3 Å². The summed E-state index contributed by atoms with van der Waals surface area (Å²) < 4.78 is 10.4. The molecule has 3 rings (SSSR count). The van der Waals surface area contributed by atoms with Gasteiger partial charge in [0.15, 0.2) is 0 Å². The van der Waals surface area contributed by atoms with Gasteiger partial charge in [-0.2, -0.15) is 0 Å². The van der Waals surface area contributed by atoms with Crippen molar-refractivity contribution >= 4 is 17.2 Å². The van der Waals surface area contributed by atoms with Gasteiger partial charge >= 0.3 is 0 Å². The maximum atomic E-state index is 11.6. The lowest BCUT2D eigenvalue weighted by Gasteiger charge is -2.16. The molecule has 6 heteroatoms. The van der Waals surface area contributed by atoms with Crippen molar-refractivity contribution in [2.45, 2.75) is 13.0 Å². The fourth-order valence-corrected chi connectivity index (χ4v) is 3.18. The molecule has 23 heavy (non-hydrogen) atoms. The van der Waals surface area contributed by atoms with Crippen LogP contribution in [0, 0.1) is 0 Å². The number of nitrogens with one attached hydrogen (secondary N) is 1. The van der Waals surface area contributed by atoms with Crippen molar-refractivity contribution in [1.29, 1.82) is 0 Å². The summed E-state index contributed by atoms with van der Waals surface area (Å²) in [7, 11) is 1.62. The molecule has 2 aromatic heterocycles. The number of hydrogen-bond donors (Lipinski definition) is 1. The molecule has 1 unspecified atom stereocenters. The number of carbonyl (C=O) groups excluding carboxylic acids is 1. The van der Waals surface area contributed by atoms with Crippen molar-refractivity contribution in [3.8, 4) is 17.0 Å². The topological polar surface area (TPSA) is 64.4 Å². The fraction of sp³-hybridized carbons (Fsp3) is 0.176. The van der Waals surface area contributed by atoms with Gasteiger partial charge in [0.1, 0.15) is 16.8 Å². The maximum Gasteiger partial charge on any atom is 0.217 e. The molecule has 1 atom stereocenters. The Hall–Kier alpha value is -2.60. The first-order chi connectivity index (χ1) is 11.2. The number of furan rings is 1. The molecule has 0 aliphatic carbocycles. The van der Waals surface area contributed by atoms with E-state index in [9.17, 15) is 4.79 Å². The zero-order valence-electron chi connectivity index (χ0n) is 12.8. The van der Waals surface area contributed by atoms with Crippen molar-refractivity contribution in [3.63, 3.8) is 0 Å². The summed E-state index contributed by atoms with van der Waals surface area (Å²) in [5, 5.41) is 5.72. The first-order valence-electron chi connectivity index (χ1n) is 7.06. The molecule has 1 amide bonds. The molecule has 2 heterocycles. The Morgan fingerprint density at radius 3 is 2.96 bits per heavy atom. The van der Waals surface area contributed by atoms with E-state index in [4.69, 9.17) is 9.15 Å². The maximum absolute atomic E-state index is 11.6. The van der Waals surface area contributed by atoms with E-state index in [1.807, 2.05) is 35.7 Å². The second kappa shape index (κ2) is 6.66. The Bertz CT molecular complexity index is 796. The lowest BCUT2D eigenvalue weighted by Crippen LogP contribution is -2.26. The summed E-state index contributed by atoms with van der Waals surface area (Å²) in [5.41, 5.74) is 2.67. The van der Waals surface area contributed by atoms with Gasteiger partial charge in [0.05, 0.1) is 25.3 Å².